The highest BCUT2D eigenvalue weighted by atomic mass is 15.1. The first-order chi connectivity index (χ1) is 11.3. The van der Waals surface area contributed by atoms with Crippen LogP contribution in [0, 0.1) is 17.2 Å². The summed E-state index contributed by atoms with van der Waals surface area (Å²) >= 11 is 0. The zero-order valence-electron chi connectivity index (χ0n) is 13.3. The second-order valence-corrected chi connectivity index (χ2v) is 6.08. The van der Waals surface area contributed by atoms with E-state index in [1.165, 1.54) is 12.0 Å². The molecule has 2 heterocycles. The average molecular weight is 306 g/mol. The molecular formula is C19H22N4. The molecule has 0 radical (unpaired) electrons. The molecule has 0 bridgehead atoms. The summed E-state index contributed by atoms with van der Waals surface area (Å²) in [5.74, 6) is 1.33. The summed E-state index contributed by atoms with van der Waals surface area (Å²) in [7, 11) is 0. The van der Waals surface area contributed by atoms with Crippen LogP contribution in [0.25, 0.3) is 0 Å². The molecule has 1 aromatic heterocycles. The summed E-state index contributed by atoms with van der Waals surface area (Å²) in [4.78, 5) is 6.79. The summed E-state index contributed by atoms with van der Waals surface area (Å²) in [5.41, 5.74) is 2.02. The molecule has 1 fully saturated rings. The van der Waals surface area contributed by atoms with Crippen LogP contribution in [0.5, 0.6) is 0 Å². The fourth-order valence-corrected chi connectivity index (χ4v) is 3.09. The largest absolute Gasteiger partial charge is 0.369 e. The van der Waals surface area contributed by atoms with Gasteiger partial charge in [0.15, 0.2) is 0 Å². The number of nitrogens with zero attached hydrogens (tertiary/aromatic N) is 3. The Morgan fingerprint density at radius 1 is 1.22 bits per heavy atom. The van der Waals surface area contributed by atoms with E-state index in [1.807, 2.05) is 0 Å². The molecule has 1 aromatic carbocycles. The van der Waals surface area contributed by atoms with Gasteiger partial charge in [-0.3, -0.25) is 0 Å². The van der Waals surface area contributed by atoms with Crippen molar-refractivity contribution in [3.8, 4) is 6.07 Å². The predicted molar refractivity (Wildman–Crippen MR) is 92.1 cm³/mol. The number of hydrogen-bond acceptors (Lipinski definition) is 4. The highest BCUT2D eigenvalue weighted by molar-refractivity contribution is 5.51. The molecule has 4 heteroatoms. The Kier molecular flexibility index (Phi) is 5.23. The lowest BCUT2D eigenvalue weighted by molar-refractivity contribution is 0.330. The monoisotopic (exact) mass is 306 g/mol. The van der Waals surface area contributed by atoms with E-state index in [1.54, 1.807) is 18.3 Å². The predicted octanol–water partition coefficient (Wildman–Crippen LogP) is 2.93. The number of anilines is 1. The molecule has 3 rings (SSSR count). The van der Waals surface area contributed by atoms with Crippen molar-refractivity contribution >= 4 is 5.82 Å². The minimum atomic E-state index is 0.617. The van der Waals surface area contributed by atoms with E-state index < -0.39 is 0 Å². The van der Waals surface area contributed by atoms with Gasteiger partial charge in [0.2, 0.25) is 0 Å². The SMILES string of the molecule is N#Cc1cccnc1NCC1CCN(CCc2ccccc2)C1. The number of likely N-dealkylation sites (tertiary alicyclic amines) is 1. The summed E-state index contributed by atoms with van der Waals surface area (Å²) in [6, 6.07) is 16.4. The number of rotatable bonds is 6. The van der Waals surface area contributed by atoms with Crippen LogP contribution in [0.3, 0.4) is 0 Å². The van der Waals surface area contributed by atoms with E-state index in [9.17, 15) is 0 Å². The quantitative estimate of drug-likeness (QED) is 0.891. The molecule has 2 aromatic rings. The number of pyridine rings is 1. The Morgan fingerprint density at radius 3 is 2.91 bits per heavy atom. The van der Waals surface area contributed by atoms with Gasteiger partial charge in [-0.2, -0.15) is 5.26 Å². The third-order valence-electron chi connectivity index (χ3n) is 4.42. The number of nitrogens with one attached hydrogen (secondary N) is 1. The summed E-state index contributed by atoms with van der Waals surface area (Å²) in [6.07, 6.45) is 4.04. The molecular weight excluding hydrogens is 284 g/mol. The zero-order chi connectivity index (χ0) is 15.9. The van der Waals surface area contributed by atoms with E-state index in [-0.39, 0.29) is 0 Å². The van der Waals surface area contributed by atoms with Crippen molar-refractivity contribution in [3.05, 3.63) is 59.8 Å². The smallest absolute Gasteiger partial charge is 0.143 e. The van der Waals surface area contributed by atoms with E-state index in [2.05, 4.69) is 51.6 Å². The van der Waals surface area contributed by atoms with Crippen molar-refractivity contribution < 1.29 is 0 Å². The molecule has 0 spiro atoms. The van der Waals surface area contributed by atoms with Crippen molar-refractivity contribution in [2.45, 2.75) is 12.8 Å². The summed E-state index contributed by atoms with van der Waals surface area (Å²) in [6.45, 7) is 4.28. The van der Waals surface area contributed by atoms with Crippen LogP contribution >= 0.6 is 0 Å². The lowest BCUT2D eigenvalue weighted by Gasteiger charge is -2.16. The van der Waals surface area contributed by atoms with Gasteiger partial charge in [0, 0.05) is 25.8 Å². The van der Waals surface area contributed by atoms with Crippen molar-refractivity contribution in [2.75, 3.05) is 31.5 Å². The first kappa shape index (κ1) is 15.5. The fourth-order valence-electron chi connectivity index (χ4n) is 3.09. The van der Waals surface area contributed by atoms with Gasteiger partial charge in [-0.15, -0.1) is 0 Å². The number of hydrogen-bond donors (Lipinski definition) is 1. The van der Waals surface area contributed by atoms with Crippen molar-refractivity contribution in [1.29, 1.82) is 5.26 Å². The van der Waals surface area contributed by atoms with Gasteiger partial charge in [-0.25, -0.2) is 4.98 Å². The molecule has 1 aliphatic rings. The van der Waals surface area contributed by atoms with Crippen molar-refractivity contribution in [3.63, 3.8) is 0 Å². The Labute approximate surface area is 137 Å². The molecule has 118 valence electrons. The molecule has 0 aliphatic carbocycles. The minimum absolute atomic E-state index is 0.617. The molecule has 0 amide bonds. The van der Waals surface area contributed by atoms with E-state index in [4.69, 9.17) is 5.26 Å². The van der Waals surface area contributed by atoms with Crippen molar-refractivity contribution in [1.82, 2.24) is 9.88 Å². The molecule has 23 heavy (non-hydrogen) atoms. The van der Waals surface area contributed by atoms with Gasteiger partial charge in [-0.05, 0) is 43.0 Å². The van der Waals surface area contributed by atoms with Gasteiger partial charge >= 0.3 is 0 Å². The average Bonchev–Trinajstić information content (AvgIpc) is 3.07. The molecule has 1 atom stereocenters. The minimum Gasteiger partial charge on any atom is -0.369 e. The van der Waals surface area contributed by atoms with Crippen LogP contribution in [0.4, 0.5) is 5.82 Å². The fraction of sp³-hybridized carbons (Fsp3) is 0.368. The second kappa shape index (κ2) is 7.75. The van der Waals surface area contributed by atoms with E-state index in [0.29, 0.717) is 17.3 Å². The lowest BCUT2D eigenvalue weighted by Crippen LogP contribution is -2.25. The van der Waals surface area contributed by atoms with Gasteiger partial charge in [-0.1, -0.05) is 30.3 Å². The Balaban J connectivity index is 1.44. The molecule has 1 aliphatic heterocycles. The molecule has 1 saturated heterocycles. The number of aromatic nitrogens is 1. The highest BCUT2D eigenvalue weighted by Gasteiger charge is 2.22. The van der Waals surface area contributed by atoms with E-state index in [0.717, 1.165) is 32.6 Å². The molecule has 1 unspecified atom stereocenters. The van der Waals surface area contributed by atoms with Crippen LogP contribution in [-0.4, -0.2) is 36.1 Å². The number of benzene rings is 1. The van der Waals surface area contributed by atoms with E-state index >= 15 is 0 Å². The topological polar surface area (TPSA) is 52.0 Å². The Morgan fingerprint density at radius 2 is 2.09 bits per heavy atom. The first-order valence-electron chi connectivity index (χ1n) is 8.20. The Hall–Kier alpha value is -2.38. The van der Waals surface area contributed by atoms with Crippen LogP contribution in [0.1, 0.15) is 17.5 Å². The van der Waals surface area contributed by atoms with Crippen LogP contribution in [0.2, 0.25) is 0 Å². The van der Waals surface area contributed by atoms with Crippen molar-refractivity contribution in [2.24, 2.45) is 5.92 Å². The standard InChI is InChI=1S/C19H22N4/c20-13-18-7-4-10-21-19(18)22-14-17-9-12-23(15-17)11-8-16-5-2-1-3-6-16/h1-7,10,17H,8-9,11-12,14-15H2,(H,21,22). The van der Waals surface area contributed by atoms with Crippen LogP contribution in [-0.2, 0) is 6.42 Å². The molecule has 1 N–H and O–H groups in total. The third kappa shape index (κ3) is 4.30. The highest BCUT2D eigenvalue weighted by Crippen LogP contribution is 2.18. The van der Waals surface area contributed by atoms with Gasteiger partial charge in [0.1, 0.15) is 11.9 Å². The van der Waals surface area contributed by atoms with Gasteiger partial charge < -0.3 is 10.2 Å². The third-order valence-corrected chi connectivity index (χ3v) is 4.42. The normalized spacial score (nSPS) is 17.8. The maximum atomic E-state index is 9.09. The van der Waals surface area contributed by atoms with Crippen LogP contribution < -0.4 is 5.32 Å². The second-order valence-electron chi connectivity index (χ2n) is 6.08. The number of nitriles is 1. The van der Waals surface area contributed by atoms with Crippen LogP contribution in [0.15, 0.2) is 48.7 Å². The maximum Gasteiger partial charge on any atom is 0.143 e. The van der Waals surface area contributed by atoms with Gasteiger partial charge in [0.05, 0.1) is 5.56 Å². The zero-order valence-corrected chi connectivity index (χ0v) is 13.3. The summed E-state index contributed by atoms with van der Waals surface area (Å²) in [5, 5.41) is 12.4. The van der Waals surface area contributed by atoms with Gasteiger partial charge in [0.25, 0.3) is 0 Å². The molecule has 4 nitrogen and oxygen atoms in total. The molecule has 0 saturated carbocycles. The lowest BCUT2D eigenvalue weighted by atomic mass is 10.1. The Bertz CT molecular complexity index is 663. The first-order valence-corrected chi connectivity index (χ1v) is 8.20. The summed E-state index contributed by atoms with van der Waals surface area (Å²) < 4.78 is 0. The maximum absolute atomic E-state index is 9.09.